The molecule has 0 aliphatic heterocycles. The number of benzene rings is 3. The third-order valence-corrected chi connectivity index (χ3v) is 5.83. The predicted octanol–water partition coefficient (Wildman–Crippen LogP) is 6.47. The van der Waals surface area contributed by atoms with Crippen molar-refractivity contribution in [3.63, 3.8) is 0 Å². The average molecular weight is 373 g/mol. The predicted molar refractivity (Wildman–Crippen MR) is 120 cm³/mol. The molecule has 0 atom stereocenters. The lowest BCUT2D eigenvalue weighted by molar-refractivity contribution is 1.22. The number of fused-ring (bicyclic) bond motifs is 7. The Hall–Kier alpha value is -3.72. The van der Waals surface area contributed by atoms with E-state index in [1.54, 1.807) is 0 Å². The molecule has 6 rings (SSSR count). The highest BCUT2D eigenvalue weighted by Gasteiger charge is 2.16. The monoisotopic (exact) mass is 373 g/mol. The van der Waals surface area contributed by atoms with Crippen molar-refractivity contribution in [3.05, 3.63) is 90.1 Å². The van der Waals surface area contributed by atoms with E-state index >= 15 is 0 Å². The van der Waals surface area contributed by atoms with E-state index in [1.165, 1.54) is 22.1 Å². The Kier molecular flexibility index (Phi) is 3.30. The first-order valence-electron chi connectivity index (χ1n) is 9.86. The van der Waals surface area contributed by atoms with E-state index in [4.69, 9.17) is 9.97 Å². The lowest BCUT2D eigenvalue weighted by atomic mass is 10.0. The molecule has 0 saturated heterocycles. The second-order valence-corrected chi connectivity index (χ2v) is 7.68. The van der Waals surface area contributed by atoms with Crippen LogP contribution in [-0.4, -0.2) is 14.4 Å². The molecule has 0 radical (unpaired) electrons. The molecule has 3 aromatic heterocycles. The van der Waals surface area contributed by atoms with Crippen LogP contribution in [-0.2, 0) is 0 Å². The quantitative estimate of drug-likeness (QED) is 0.244. The second-order valence-electron chi connectivity index (χ2n) is 7.68. The molecule has 29 heavy (non-hydrogen) atoms. The molecular weight excluding hydrogens is 354 g/mol. The molecule has 0 amide bonds. The SMILES string of the molecule is Cc1cccc(C)c1-c1cn2c(n1)c1ccccc1c1cc3ccccc3nc12. The minimum atomic E-state index is 0.947. The van der Waals surface area contributed by atoms with Crippen LogP contribution in [0.1, 0.15) is 11.1 Å². The molecule has 0 aliphatic carbocycles. The van der Waals surface area contributed by atoms with Gasteiger partial charge in [0.05, 0.1) is 11.2 Å². The number of nitrogens with zero attached hydrogens (tertiary/aromatic N) is 3. The van der Waals surface area contributed by atoms with E-state index in [0.717, 1.165) is 38.7 Å². The summed E-state index contributed by atoms with van der Waals surface area (Å²) in [5.41, 5.74) is 7.57. The minimum Gasteiger partial charge on any atom is -0.283 e. The smallest absolute Gasteiger partial charge is 0.147 e. The first-order chi connectivity index (χ1) is 14.2. The van der Waals surface area contributed by atoms with Crippen molar-refractivity contribution in [1.82, 2.24) is 14.4 Å². The fourth-order valence-corrected chi connectivity index (χ4v) is 4.47. The molecule has 138 valence electrons. The van der Waals surface area contributed by atoms with Crippen LogP contribution in [0.4, 0.5) is 0 Å². The van der Waals surface area contributed by atoms with Gasteiger partial charge in [-0.2, -0.15) is 0 Å². The summed E-state index contributed by atoms with van der Waals surface area (Å²) >= 11 is 0. The maximum absolute atomic E-state index is 5.09. The lowest BCUT2D eigenvalue weighted by Crippen LogP contribution is -1.93. The van der Waals surface area contributed by atoms with Crippen molar-refractivity contribution >= 4 is 38.4 Å². The summed E-state index contributed by atoms with van der Waals surface area (Å²) in [7, 11) is 0. The normalized spacial score (nSPS) is 11.8. The van der Waals surface area contributed by atoms with Crippen LogP contribution in [0, 0.1) is 13.8 Å². The first-order valence-corrected chi connectivity index (χ1v) is 9.86. The van der Waals surface area contributed by atoms with Gasteiger partial charge >= 0.3 is 0 Å². The Balaban J connectivity index is 1.83. The van der Waals surface area contributed by atoms with Crippen LogP contribution in [0.25, 0.3) is 49.6 Å². The molecule has 3 nitrogen and oxygen atoms in total. The summed E-state index contributed by atoms with van der Waals surface area (Å²) in [5, 5.41) is 4.64. The molecule has 3 heterocycles. The number of aryl methyl sites for hydroxylation is 2. The second kappa shape index (κ2) is 5.89. The van der Waals surface area contributed by atoms with E-state index in [2.05, 4.69) is 91.2 Å². The molecule has 6 aromatic rings. The summed E-state index contributed by atoms with van der Waals surface area (Å²) in [5.74, 6) is 0. The first kappa shape index (κ1) is 16.3. The Labute approximate surface area is 168 Å². The van der Waals surface area contributed by atoms with E-state index in [-0.39, 0.29) is 0 Å². The zero-order valence-corrected chi connectivity index (χ0v) is 16.3. The Morgan fingerprint density at radius 2 is 1.34 bits per heavy atom. The Morgan fingerprint density at radius 3 is 2.17 bits per heavy atom. The van der Waals surface area contributed by atoms with Gasteiger partial charge in [0.1, 0.15) is 11.3 Å². The van der Waals surface area contributed by atoms with Crippen molar-refractivity contribution in [1.29, 1.82) is 0 Å². The summed E-state index contributed by atoms with van der Waals surface area (Å²) in [4.78, 5) is 10.1. The van der Waals surface area contributed by atoms with Gasteiger partial charge in [-0.3, -0.25) is 4.40 Å². The number of hydrogen-bond acceptors (Lipinski definition) is 2. The van der Waals surface area contributed by atoms with Gasteiger partial charge in [0, 0.05) is 27.9 Å². The minimum absolute atomic E-state index is 0.947. The van der Waals surface area contributed by atoms with Gasteiger partial charge in [-0.15, -0.1) is 0 Å². The van der Waals surface area contributed by atoms with Crippen LogP contribution >= 0.6 is 0 Å². The van der Waals surface area contributed by atoms with Crippen LogP contribution in [0.15, 0.2) is 79.0 Å². The van der Waals surface area contributed by atoms with Gasteiger partial charge in [0.25, 0.3) is 0 Å². The molecule has 3 heteroatoms. The summed E-state index contributed by atoms with van der Waals surface area (Å²) in [6.07, 6.45) is 2.14. The highest BCUT2D eigenvalue weighted by atomic mass is 15.0. The zero-order valence-electron chi connectivity index (χ0n) is 16.3. The molecular formula is C26H19N3. The topological polar surface area (TPSA) is 30.2 Å². The third kappa shape index (κ3) is 2.31. The van der Waals surface area contributed by atoms with Crippen LogP contribution in [0.5, 0.6) is 0 Å². The molecule has 0 saturated carbocycles. The molecule has 0 unspecified atom stereocenters. The number of pyridine rings is 2. The van der Waals surface area contributed by atoms with Crippen molar-refractivity contribution in [2.45, 2.75) is 13.8 Å². The van der Waals surface area contributed by atoms with Gasteiger partial charge in [0.2, 0.25) is 0 Å². The third-order valence-electron chi connectivity index (χ3n) is 5.83. The Bertz CT molecular complexity index is 1550. The number of imidazole rings is 1. The molecule has 0 N–H and O–H groups in total. The van der Waals surface area contributed by atoms with E-state index in [9.17, 15) is 0 Å². The molecule has 0 spiro atoms. The Morgan fingerprint density at radius 1 is 0.655 bits per heavy atom. The molecule has 0 aliphatic rings. The maximum Gasteiger partial charge on any atom is 0.147 e. The van der Waals surface area contributed by atoms with Crippen molar-refractivity contribution in [2.75, 3.05) is 0 Å². The molecule has 0 fully saturated rings. The molecule has 0 bridgehead atoms. The number of aromatic nitrogens is 3. The van der Waals surface area contributed by atoms with E-state index < -0.39 is 0 Å². The lowest BCUT2D eigenvalue weighted by Gasteiger charge is -2.08. The van der Waals surface area contributed by atoms with Crippen LogP contribution in [0.2, 0.25) is 0 Å². The highest BCUT2D eigenvalue weighted by molar-refractivity contribution is 6.13. The average Bonchev–Trinajstić information content (AvgIpc) is 3.18. The number of para-hydroxylation sites is 1. The van der Waals surface area contributed by atoms with Gasteiger partial charge < -0.3 is 0 Å². The van der Waals surface area contributed by atoms with Gasteiger partial charge in [-0.25, -0.2) is 9.97 Å². The van der Waals surface area contributed by atoms with Crippen molar-refractivity contribution in [2.24, 2.45) is 0 Å². The van der Waals surface area contributed by atoms with Crippen molar-refractivity contribution in [3.8, 4) is 11.3 Å². The van der Waals surface area contributed by atoms with Gasteiger partial charge in [0.15, 0.2) is 0 Å². The van der Waals surface area contributed by atoms with Crippen molar-refractivity contribution < 1.29 is 0 Å². The fraction of sp³-hybridized carbons (Fsp3) is 0.0769. The largest absolute Gasteiger partial charge is 0.283 e. The summed E-state index contributed by atoms with van der Waals surface area (Å²) in [6.45, 7) is 4.29. The van der Waals surface area contributed by atoms with Crippen LogP contribution < -0.4 is 0 Å². The van der Waals surface area contributed by atoms with E-state index in [0.29, 0.717) is 0 Å². The standard InChI is InChI=1S/C26H19N3/c1-16-8-7-9-17(2)24(16)23-15-29-25(28-23)20-12-5-4-11-19(20)21-14-18-10-3-6-13-22(18)27-26(21)29/h3-15H,1-2H3. The number of rotatable bonds is 1. The number of hydrogen-bond donors (Lipinski definition) is 0. The maximum atomic E-state index is 5.09. The zero-order chi connectivity index (χ0) is 19.5. The highest BCUT2D eigenvalue weighted by Crippen LogP contribution is 2.33. The summed E-state index contributed by atoms with van der Waals surface area (Å²) < 4.78 is 2.16. The van der Waals surface area contributed by atoms with E-state index in [1.807, 2.05) is 6.07 Å². The van der Waals surface area contributed by atoms with Crippen LogP contribution in [0.3, 0.4) is 0 Å². The van der Waals surface area contributed by atoms with Gasteiger partial charge in [-0.05, 0) is 42.5 Å². The molecule has 3 aromatic carbocycles. The summed E-state index contributed by atoms with van der Waals surface area (Å²) in [6, 6.07) is 25.4. The van der Waals surface area contributed by atoms with Gasteiger partial charge in [-0.1, -0.05) is 60.7 Å². The fourth-order valence-electron chi connectivity index (χ4n) is 4.47.